The van der Waals surface area contributed by atoms with Gasteiger partial charge in [-0.2, -0.15) is 0 Å². The summed E-state index contributed by atoms with van der Waals surface area (Å²) in [5.41, 5.74) is 0. The molecule has 0 aromatic heterocycles. The van der Waals surface area contributed by atoms with E-state index < -0.39 is 41.2 Å². The summed E-state index contributed by atoms with van der Waals surface area (Å²) in [6.45, 7) is 40.6. The Bertz CT molecular complexity index is 3330. The van der Waals surface area contributed by atoms with E-state index in [0.717, 1.165) is 50.0 Å². The number of carbonyl (C=O) groups is 12. The molecule has 0 aliphatic carbocycles. The van der Waals surface area contributed by atoms with Gasteiger partial charge < -0.3 is 133 Å². The lowest BCUT2D eigenvalue weighted by molar-refractivity contribution is -0.159. The first-order chi connectivity index (χ1) is 56.6. The fourth-order valence-corrected chi connectivity index (χ4v) is 12.9. The van der Waals surface area contributed by atoms with Crippen LogP contribution in [-0.2, 0) is 84.8 Å². The first-order valence-corrected chi connectivity index (χ1v) is 43.7. The third kappa shape index (κ3) is 44.2. The molecule has 0 aromatic carbocycles. The van der Waals surface area contributed by atoms with Crippen molar-refractivity contribution < 1.29 is 129 Å². The predicted octanol–water partition coefficient (Wildman–Crippen LogP) is -2.87. The Labute approximate surface area is 702 Å². The number of phosphoric ester groups is 3. The van der Waals surface area contributed by atoms with Crippen LogP contribution in [0.1, 0.15) is 80.1 Å². The summed E-state index contributed by atoms with van der Waals surface area (Å²) in [6, 6.07) is 0. The molecule has 48 heteroatoms. The van der Waals surface area contributed by atoms with Gasteiger partial charge in [0.05, 0.1) is 120 Å². The van der Waals surface area contributed by atoms with Gasteiger partial charge >= 0.3 is 23.5 Å². The largest absolute Gasteiger partial charge is 0.469 e. The number of rotatable bonds is 48. The number of hydrogen-bond donors (Lipinski definition) is 9. The van der Waals surface area contributed by atoms with E-state index in [9.17, 15) is 71.2 Å². The summed E-state index contributed by atoms with van der Waals surface area (Å²) in [7, 11) is -13.7. The highest BCUT2D eigenvalue weighted by Gasteiger charge is 2.36. The Hall–Kier alpha value is -7.95. The molecule has 4 aliphatic heterocycles. The molecule has 45 nitrogen and oxygen atoms in total. The van der Waals surface area contributed by atoms with Crippen LogP contribution < -0.4 is 0 Å². The smallest absolute Gasteiger partial charge is 0.395 e. The molecule has 0 aromatic rings. The van der Waals surface area contributed by atoms with Gasteiger partial charge in [0.25, 0.3) is 0 Å². The molecule has 4 rings (SSSR count). The van der Waals surface area contributed by atoms with Gasteiger partial charge in [-0.3, -0.25) is 71.1 Å². The van der Waals surface area contributed by atoms with E-state index in [4.69, 9.17) is 44.7 Å². The maximum atomic E-state index is 12.9. The number of likely N-dealkylation sites (N-methyl/N-ethyl adjacent to an activating group) is 6. The molecule has 4 fully saturated rings. The van der Waals surface area contributed by atoms with Gasteiger partial charge in [0, 0.05) is 117 Å². The lowest BCUT2D eigenvalue weighted by Crippen LogP contribution is -2.59. The third-order valence-electron chi connectivity index (χ3n) is 18.9. The van der Waals surface area contributed by atoms with Crippen molar-refractivity contribution in [1.29, 1.82) is 0 Å². The van der Waals surface area contributed by atoms with E-state index in [1.807, 2.05) is 56.2 Å². The highest BCUT2D eigenvalue weighted by atomic mass is 31.2. The first-order valence-electron chi connectivity index (χ1n) is 39.1. The topological polar surface area (TPSA) is 524 Å². The minimum Gasteiger partial charge on any atom is -0.395 e. The van der Waals surface area contributed by atoms with Gasteiger partial charge in [0.1, 0.15) is 0 Å². The second kappa shape index (κ2) is 58.9. The predicted molar refractivity (Wildman–Crippen MR) is 437 cm³/mol. The molecule has 120 heavy (non-hydrogen) atoms. The zero-order valence-corrected chi connectivity index (χ0v) is 72.9. The van der Waals surface area contributed by atoms with Gasteiger partial charge in [-0.25, -0.2) is 13.7 Å². The van der Waals surface area contributed by atoms with Crippen LogP contribution in [-0.4, -0.2) is 441 Å². The second-order valence-corrected chi connectivity index (χ2v) is 30.8. The highest BCUT2D eigenvalue weighted by molar-refractivity contribution is 7.46. The summed E-state index contributed by atoms with van der Waals surface area (Å²) in [5.74, 6) is -3.63. The molecular weight excluding hydrogens is 1640 g/mol. The van der Waals surface area contributed by atoms with Crippen LogP contribution in [0.15, 0.2) is 75.9 Å². The molecule has 12 amide bonds. The van der Waals surface area contributed by atoms with Crippen molar-refractivity contribution in [1.82, 2.24) is 88.2 Å². The van der Waals surface area contributed by atoms with Crippen LogP contribution in [0.3, 0.4) is 0 Å². The Kier molecular flexibility index (Phi) is 54.1. The molecule has 0 unspecified atom stereocenters. The monoisotopic (exact) mass is 1770 g/mol. The normalized spacial score (nSPS) is 14.8. The lowest BCUT2D eigenvalue weighted by atomic mass is 10.3. The molecular formula is C72H129N18O27P3. The van der Waals surface area contributed by atoms with Crippen molar-refractivity contribution in [3.63, 3.8) is 0 Å². The lowest BCUT2D eigenvalue weighted by Gasteiger charge is -2.42. The summed E-state index contributed by atoms with van der Waals surface area (Å²) in [6.07, 6.45) is 7.75. The molecule has 4 heterocycles. The van der Waals surface area contributed by atoms with Crippen LogP contribution in [0.25, 0.3) is 0 Å². The summed E-state index contributed by atoms with van der Waals surface area (Å²) < 4.78 is 45.7. The van der Waals surface area contributed by atoms with E-state index in [2.05, 4.69) is 53.0 Å². The van der Waals surface area contributed by atoms with Crippen molar-refractivity contribution in [2.75, 3.05) is 237 Å². The van der Waals surface area contributed by atoms with Gasteiger partial charge in [0.15, 0.2) is 0 Å². The molecule has 684 valence electrons. The van der Waals surface area contributed by atoms with Crippen molar-refractivity contribution >= 4 is 94.4 Å². The Morgan fingerprint density at radius 3 is 0.517 bits per heavy atom. The molecule has 4 saturated heterocycles. The van der Waals surface area contributed by atoms with Crippen molar-refractivity contribution in [2.24, 2.45) is 0 Å². The van der Waals surface area contributed by atoms with Crippen LogP contribution in [0, 0.1) is 0 Å². The zero-order chi connectivity index (χ0) is 90.9. The Morgan fingerprint density at radius 2 is 0.392 bits per heavy atom. The maximum absolute atomic E-state index is 12.9. The average molecular weight is 1770 g/mol. The highest BCUT2D eigenvalue weighted by Crippen LogP contribution is 2.37. The second-order valence-electron chi connectivity index (χ2n) is 27.0. The number of carbonyl (C=O) groups excluding carboxylic acids is 12. The van der Waals surface area contributed by atoms with E-state index in [1.54, 1.807) is 14.7 Å². The number of aliphatic hydroxyl groups excluding tert-OH is 3. The van der Waals surface area contributed by atoms with Crippen LogP contribution >= 0.6 is 23.5 Å². The van der Waals surface area contributed by atoms with Gasteiger partial charge in [0.2, 0.25) is 70.9 Å². The van der Waals surface area contributed by atoms with E-state index >= 15 is 0 Å². The molecule has 0 bridgehead atoms. The SMILES string of the molecule is C=CC(=O)N1CN(C(=O)C=C)CN(C(=O)CCN(CC)CCO)C1.C=CC(=O)N1CN(C(=O)C=C)CN(C(=O)CCN(CC)CCOP(=O)(O)O)C1.C=CC(=O)N1CN(C(=O)CCN(CC)CCO)CN(C(=O)CCN(CC)CCO)C1.C=CC(=O)N1CN(C(=O)CCN(CC)CCOP(=O)(O)O)CN(C(=O)CCN(CC)CCOP(=O)(O)O)C1. The third-order valence-corrected chi connectivity index (χ3v) is 20.5. The summed E-state index contributed by atoms with van der Waals surface area (Å²) in [4.78, 5) is 229. The minimum atomic E-state index is -4.58. The number of aliphatic hydroxyl groups is 3. The quantitative estimate of drug-likeness (QED) is 0.0218. The number of hydrogen-bond acceptors (Lipinski definition) is 27. The van der Waals surface area contributed by atoms with E-state index in [0.29, 0.717) is 65.4 Å². The number of nitrogens with zero attached hydrogens (tertiary/aromatic N) is 18. The van der Waals surface area contributed by atoms with Crippen molar-refractivity contribution in [3.05, 3.63) is 75.9 Å². The zero-order valence-electron chi connectivity index (χ0n) is 70.2. The Morgan fingerprint density at radius 1 is 0.258 bits per heavy atom. The first kappa shape index (κ1) is 110. The molecule has 9 N–H and O–H groups in total. The fourth-order valence-electron chi connectivity index (χ4n) is 11.9. The fraction of sp³-hybridized carbons (Fsp3) is 0.667. The summed E-state index contributed by atoms with van der Waals surface area (Å²) in [5, 5.41) is 27.2. The number of phosphoric acid groups is 3. The van der Waals surface area contributed by atoms with Crippen molar-refractivity contribution in [2.45, 2.75) is 80.1 Å². The molecule has 0 saturated carbocycles. The van der Waals surface area contributed by atoms with Gasteiger partial charge in [-0.1, -0.05) is 81.0 Å². The minimum absolute atomic E-state index is 0.0261. The maximum Gasteiger partial charge on any atom is 0.469 e. The van der Waals surface area contributed by atoms with Crippen LogP contribution in [0.5, 0.6) is 0 Å². The molecule has 0 atom stereocenters. The summed E-state index contributed by atoms with van der Waals surface area (Å²) >= 11 is 0. The van der Waals surface area contributed by atoms with Gasteiger partial charge in [-0.15, -0.1) is 0 Å². The molecule has 0 radical (unpaired) electrons. The standard InChI is InChI=1S/C20H39N5O11P2.C20H37N5O5.C16H27N4O7P.C16H26N4O4/c1-4-18(26)23-15-24(19(27)7-9-21(5-2)11-13-35-37(29,30)31)17-25(16-23)20(28)8-10-22(6-3)12-14-36-38(32,33)34;1-4-18(28)23-15-24(19(29)7-9-21(5-2)11-13-26)17-25(16-23)20(30)8-10-22(6-3)12-14-27;1-4-14(21)18-11-19(15(22)5-2)13-20(12-18)16(23)7-8-17(6-3)9-10-27-28(24,25)26;1-4-14(22)18-11-19(15(23)5-2)13-20(12-18)16(24)7-8-17(6-3)9-10-21/h4H,1,5-17H2,2-3H3,(H2,29,30,31)(H2,32,33,34);4,26-27H,1,5-17H2,2-3H3;4-5H,1-2,6-13H2,3H3,(H2,24,25,26);4-5,21H,1-2,6-13H2,3H3. The number of amides is 12. The van der Waals surface area contributed by atoms with E-state index in [1.165, 1.54) is 64.9 Å². The van der Waals surface area contributed by atoms with Crippen molar-refractivity contribution in [3.8, 4) is 0 Å². The molecule has 0 spiro atoms. The average Bonchev–Trinajstić information content (AvgIpc) is 0.847. The van der Waals surface area contributed by atoms with E-state index in [-0.39, 0.29) is 244 Å². The van der Waals surface area contributed by atoms with Crippen LogP contribution in [0.2, 0.25) is 0 Å². The van der Waals surface area contributed by atoms with Crippen LogP contribution in [0.4, 0.5) is 0 Å². The van der Waals surface area contributed by atoms with Gasteiger partial charge in [-0.05, 0) is 75.7 Å². The molecule has 4 aliphatic rings. The Balaban J connectivity index is 0.000000811.